The van der Waals surface area contributed by atoms with E-state index in [0.29, 0.717) is 30.5 Å². The molecule has 4 fully saturated rings. The molecule has 2 aromatic rings. The molecular weight excluding hydrogens is 754 g/mol. The second-order valence-corrected chi connectivity index (χ2v) is 16.0. The first-order valence-corrected chi connectivity index (χ1v) is 20.0. The lowest BCUT2D eigenvalue weighted by Gasteiger charge is -2.42. The number of halogens is 1. The SMILES string of the molecule is C=CCCC(=O)N[C@H](COC)[C@H](OC(=O)[C@H]1[C@@H]2O[C@@]3(CC2Br)[C@@H]1C(=O)N([C@H](CO)c1ccccc1)[C@@H]3C(=O)N(CC=C)C1CCCCC1)c1ccccc1. The molecule has 3 heterocycles. The van der Waals surface area contributed by atoms with Crippen LogP contribution in [-0.4, -0.2) is 100 Å². The van der Waals surface area contributed by atoms with E-state index in [1.807, 2.05) is 65.6 Å². The van der Waals surface area contributed by atoms with Gasteiger partial charge in [0.1, 0.15) is 17.7 Å². The molecule has 12 heteroatoms. The second kappa shape index (κ2) is 17.7. The van der Waals surface area contributed by atoms with Crippen molar-refractivity contribution in [1.82, 2.24) is 15.1 Å². The van der Waals surface area contributed by atoms with Gasteiger partial charge in [-0.15, -0.1) is 13.2 Å². The summed E-state index contributed by atoms with van der Waals surface area (Å²) in [7, 11) is 1.51. The van der Waals surface area contributed by atoms with E-state index < -0.39 is 66.3 Å². The van der Waals surface area contributed by atoms with E-state index in [4.69, 9.17) is 14.2 Å². The summed E-state index contributed by atoms with van der Waals surface area (Å²) in [5.41, 5.74) is -0.0752. The number of ether oxygens (including phenoxy) is 3. The normalized spacial score (nSPS) is 27.8. The number of methoxy groups -OCH3 is 1. The van der Waals surface area contributed by atoms with Gasteiger partial charge in [0.15, 0.2) is 0 Å². The van der Waals surface area contributed by atoms with Crippen LogP contribution in [0.1, 0.15) is 74.6 Å². The van der Waals surface area contributed by atoms with Gasteiger partial charge in [-0.1, -0.05) is 108 Å². The van der Waals surface area contributed by atoms with Gasteiger partial charge in [-0.2, -0.15) is 0 Å². The number of carbonyl (C=O) groups excluding carboxylic acids is 4. The fraction of sp³-hybridized carbons (Fsp3) is 0.524. The minimum absolute atomic E-state index is 0.0360. The third kappa shape index (κ3) is 7.67. The zero-order chi connectivity index (χ0) is 38.4. The van der Waals surface area contributed by atoms with Crippen molar-refractivity contribution in [3.05, 3.63) is 97.1 Å². The van der Waals surface area contributed by atoms with Crippen LogP contribution >= 0.6 is 15.9 Å². The number of amides is 3. The predicted molar refractivity (Wildman–Crippen MR) is 206 cm³/mol. The third-order valence-corrected chi connectivity index (χ3v) is 12.4. The van der Waals surface area contributed by atoms with Gasteiger partial charge in [-0.3, -0.25) is 19.2 Å². The fourth-order valence-electron chi connectivity index (χ4n) is 9.21. The molecule has 290 valence electrons. The molecule has 3 saturated heterocycles. The summed E-state index contributed by atoms with van der Waals surface area (Å²) in [6.07, 6.45) is 7.37. The summed E-state index contributed by atoms with van der Waals surface area (Å²) in [4.78, 5) is 61.0. The lowest BCUT2D eigenvalue weighted by Crippen LogP contribution is -2.59. The zero-order valence-corrected chi connectivity index (χ0v) is 32.5. The Bertz CT molecular complexity index is 1660. The molecule has 0 radical (unpaired) electrons. The smallest absolute Gasteiger partial charge is 0.313 e. The van der Waals surface area contributed by atoms with Gasteiger partial charge in [0.25, 0.3) is 0 Å². The molecule has 1 saturated carbocycles. The molecule has 9 atom stereocenters. The van der Waals surface area contributed by atoms with E-state index >= 15 is 9.59 Å². The summed E-state index contributed by atoms with van der Waals surface area (Å²) in [6.45, 7) is 7.56. The monoisotopic (exact) mass is 805 g/mol. The van der Waals surface area contributed by atoms with E-state index in [1.54, 1.807) is 12.2 Å². The van der Waals surface area contributed by atoms with Crippen LogP contribution in [0.5, 0.6) is 0 Å². The number of hydrogen-bond acceptors (Lipinski definition) is 8. The topological polar surface area (TPSA) is 135 Å². The molecule has 1 aliphatic carbocycles. The standard InChI is InChI=1S/C42H52BrN3O8/c1-4-6-22-33(48)44-31(26-52-3)36(28-18-12-8-13-19-28)53-41(51)34-35-39(49)46(32(25-47)27-16-10-7-11-17-27)38(42(35)24-30(43)37(34)54-42)40(50)45(23-5-2)29-20-14-9-15-21-29/h4-5,7-8,10-13,16-19,29-32,34-38,47H,1-2,6,9,14-15,20-26H2,3H3,(H,44,48)/t30?,31-,32-,34-,35+,36-,37-,38-,42+/m1/s1. The summed E-state index contributed by atoms with van der Waals surface area (Å²) in [5.74, 6) is -3.79. The zero-order valence-electron chi connectivity index (χ0n) is 30.9. The molecule has 2 bridgehead atoms. The van der Waals surface area contributed by atoms with Gasteiger partial charge in [0.05, 0.1) is 43.2 Å². The maximum absolute atomic E-state index is 15.2. The van der Waals surface area contributed by atoms with Crippen LogP contribution in [0.3, 0.4) is 0 Å². The summed E-state index contributed by atoms with van der Waals surface area (Å²) in [6, 6.07) is 15.5. The fourth-order valence-corrected chi connectivity index (χ4v) is 10.2. The molecule has 54 heavy (non-hydrogen) atoms. The number of hydrogen-bond donors (Lipinski definition) is 2. The number of fused-ring (bicyclic) bond motifs is 1. The lowest BCUT2D eigenvalue weighted by atomic mass is 9.70. The first-order chi connectivity index (χ1) is 26.2. The van der Waals surface area contributed by atoms with Crippen LogP contribution < -0.4 is 5.32 Å². The number of nitrogens with one attached hydrogen (secondary N) is 1. The van der Waals surface area contributed by atoms with Crippen molar-refractivity contribution in [2.45, 2.75) is 98.2 Å². The number of esters is 1. The van der Waals surface area contributed by atoms with Crippen LogP contribution in [0.2, 0.25) is 0 Å². The number of allylic oxidation sites excluding steroid dienone is 1. The molecule has 0 aromatic heterocycles. The van der Waals surface area contributed by atoms with Gasteiger partial charge in [0.2, 0.25) is 17.7 Å². The Balaban J connectivity index is 1.40. The quantitative estimate of drug-likeness (QED) is 0.127. The minimum atomic E-state index is -1.37. The minimum Gasteiger partial charge on any atom is -0.455 e. The first-order valence-electron chi connectivity index (χ1n) is 19.1. The van der Waals surface area contributed by atoms with Crippen molar-refractivity contribution in [3.8, 4) is 0 Å². The van der Waals surface area contributed by atoms with Gasteiger partial charge in [-0.05, 0) is 36.8 Å². The third-order valence-electron chi connectivity index (χ3n) is 11.6. The molecule has 2 aromatic carbocycles. The van der Waals surface area contributed by atoms with Gasteiger partial charge in [-0.25, -0.2) is 0 Å². The van der Waals surface area contributed by atoms with Crippen molar-refractivity contribution >= 4 is 39.6 Å². The molecular formula is C42H52BrN3O8. The average Bonchev–Trinajstić information content (AvgIpc) is 3.79. The van der Waals surface area contributed by atoms with Crippen molar-refractivity contribution in [2.24, 2.45) is 11.8 Å². The van der Waals surface area contributed by atoms with Gasteiger partial charge in [0, 0.05) is 30.9 Å². The highest BCUT2D eigenvalue weighted by Crippen LogP contribution is 2.61. The number of nitrogens with zero attached hydrogens (tertiary/aromatic N) is 2. The van der Waals surface area contributed by atoms with Crippen molar-refractivity contribution < 1.29 is 38.5 Å². The highest BCUT2D eigenvalue weighted by molar-refractivity contribution is 9.09. The molecule has 3 amide bonds. The van der Waals surface area contributed by atoms with E-state index in [-0.39, 0.29) is 35.7 Å². The molecule has 1 spiro atoms. The Morgan fingerprint density at radius 1 is 1.06 bits per heavy atom. The molecule has 3 aliphatic heterocycles. The van der Waals surface area contributed by atoms with Crippen molar-refractivity contribution in [3.63, 3.8) is 0 Å². The summed E-state index contributed by atoms with van der Waals surface area (Å²) >= 11 is 3.78. The number of benzene rings is 2. The van der Waals surface area contributed by atoms with E-state index in [0.717, 1.165) is 32.1 Å². The molecule has 2 N–H and O–H groups in total. The Kier molecular flexibility index (Phi) is 13.1. The molecule has 4 aliphatic rings. The highest BCUT2D eigenvalue weighted by atomic mass is 79.9. The van der Waals surface area contributed by atoms with Gasteiger partial charge >= 0.3 is 5.97 Å². The Morgan fingerprint density at radius 2 is 1.72 bits per heavy atom. The predicted octanol–water partition coefficient (Wildman–Crippen LogP) is 5.20. The number of likely N-dealkylation sites (tertiary alicyclic amines) is 1. The average molecular weight is 807 g/mol. The Morgan fingerprint density at radius 3 is 2.33 bits per heavy atom. The Labute approximate surface area is 326 Å². The van der Waals surface area contributed by atoms with Crippen LogP contribution in [0, 0.1) is 11.8 Å². The molecule has 1 unspecified atom stereocenters. The van der Waals surface area contributed by atoms with E-state index in [1.165, 1.54) is 12.0 Å². The number of alkyl halides is 1. The molecule has 6 rings (SSSR count). The van der Waals surface area contributed by atoms with E-state index in [9.17, 15) is 14.7 Å². The number of rotatable bonds is 17. The van der Waals surface area contributed by atoms with E-state index in [2.05, 4.69) is 34.4 Å². The van der Waals surface area contributed by atoms with Crippen LogP contribution in [-0.2, 0) is 33.4 Å². The highest BCUT2D eigenvalue weighted by Gasteiger charge is 2.78. The van der Waals surface area contributed by atoms with Crippen LogP contribution in [0.15, 0.2) is 86.0 Å². The number of carbonyl (C=O) groups is 4. The molecule has 11 nitrogen and oxygen atoms in total. The second-order valence-electron chi connectivity index (χ2n) is 14.8. The van der Waals surface area contributed by atoms with Gasteiger partial charge < -0.3 is 34.4 Å². The Hall–Kier alpha value is -3.84. The van der Waals surface area contributed by atoms with Crippen LogP contribution in [0.25, 0.3) is 0 Å². The summed E-state index contributed by atoms with van der Waals surface area (Å²) in [5, 5.41) is 13.9. The van der Waals surface area contributed by atoms with Crippen LogP contribution in [0.4, 0.5) is 0 Å². The largest absolute Gasteiger partial charge is 0.455 e. The lowest BCUT2D eigenvalue weighted by molar-refractivity contribution is -0.163. The number of aliphatic hydroxyl groups is 1. The number of aliphatic hydroxyl groups excluding tert-OH is 1. The van der Waals surface area contributed by atoms with Crippen molar-refractivity contribution in [2.75, 3.05) is 26.9 Å². The summed E-state index contributed by atoms with van der Waals surface area (Å²) < 4.78 is 18.7. The first kappa shape index (κ1) is 39.8. The maximum Gasteiger partial charge on any atom is 0.313 e. The van der Waals surface area contributed by atoms with Crippen molar-refractivity contribution in [1.29, 1.82) is 0 Å². The maximum atomic E-state index is 15.2.